The van der Waals surface area contributed by atoms with Gasteiger partial charge in [-0.3, -0.25) is 14.5 Å². The molecule has 0 radical (unpaired) electrons. The monoisotopic (exact) mass is 421 g/mol. The van der Waals surface area contributed by atoms with Crippen molar-refractivity contribution in [3.05, 3.63) is 59.7 Å². The molecule has 0 saturated carbocycles. The van der Waals surface area contributed by atoms with Crippen LogP contribution in [-0.2, 0) is 9.59 Å². The molecule has 0 bridgehead atoms. The molecule has 2 amide bonds. The molecule has 6 heteroatoms. The maximum atomic E-state index is 12.9. The normalized spacial score (nSPS) is 20.1. The number of aryl methyl sites for hydroxylation is 1. The zero-order chi connectivity index (χ0) is 21.8. The van der Waals surface area contributed by atoms with Gasteiger partial charge in [-0.15, -0.1) is 0 Å². The van der Waals surface area contributed by atoms with Gasteiger partial charge in [-0.1, -0.05) is 29.8 Å². The fraction of sp³-hybridized carbons (Fsp3) is 0.440. The van der Waals surface area contributed by atoms with Crippen molar-refractivity contribution in [3.8, 4) is 5.75 Å². The molecule has 6 nitrogen and oxygen atoms in total. The first kappa shape index (κ1) is 21.4. The summed E-state index contributed by atoms with van der Waals surface area (Å²) in [6, 6.07) is 16.1. The average Bonchev–Trinajstić information content (AvgIpc) is 3.45. The molecule has 2 saturated heterocycles. The van der Waals surface area contributed by atoms with E-state index in [2.05, 4.69) is 22.3 Å². The lowest BCUT2D eigenvalue weighted by Gasteiger charge is -2.28. The summed E-state index contributed by atoms with van der Waals surface area (Å²) in [7, 11) is 1.66. The number of carbonyl (C=O) groups excluding carboxylic acids is 2. The van der Waals surface area contributed by atoms with Gasteiger partial charge in [0.05, 0.1) is 19.1 Å². The van der Waals surface area contributed by atoms with Crippen LogP contribution in [0.2, 0.25) is 0 Å². The second-order valence-electron chi connectivity index (χ2n) is 8.52. The number of hydrogen-bond donors (Lipinski definition) is 1. The molecule has 164 valence electrons. The van der Waals surface area contributed by atoms with E-state index in [4.69, 9.17) is 4.74 Å². The Morgan fingerprint density at radius 1 is 1.10 bits per heavy atom. The molecule has 2 aromatic carbocycles. The minimum atomic E-state index is -0.316. The van der Waals surface area contributed by atoms with Crippen molar-refractivity contribution >= 4 is 17.5 Å². The zero-order valence-corrected chi connectivity index (χ0v) is 18.3. The molecule has 2 heterocycles. The van der Waals surface area contributed by atoms with Crippen LogP contribution in [-0.4, -0.2) is 50.0 Å². The number of nitrogens with one attached hydrogen (secondary N) is 1. The molecular weight excluding hydrogens is 390 g/mol. The van der Waals surface area contributed by atoms with Gasteiger partial charge >= 0.3 is 0 Å². The quantitative estimate of drug-likeness (QED) is 0.745. The summed E-state index contributed by atoms with van der Waals surface area (Å²) >= 11 is 0. The average molecular weight is 422 g/mol. The Morgan fingerprint density at radius 3 is 2.42 bits per heavy atom. The van der Waals surface area contributed by atoms with Crippen molar-refractivity contribution in [3.63, 3.8) is 0 Å². The summed E-state index contributed by atoms with van der Waals surface area (Å²) in [5, 5.41) is 3.14. The minimum Gasteiger partial charge on any atom is -0.497 e. The van der Waals surface area contributed by atoms with Gasteiger partial charge in [0.1, 0.15) is 5.75 Å². The van der Waals surface area contributed by atoms with Crippen molar-refractivity contribution < 1.29 is 14.3 Å². The van der Waals surface area contributed by atoms with Crippen LogP contribution >= 0.6 is 0 Å². The molecule has 0 aromatic heterocycles. The first-order chi connectivity index (χ1) is 15.0. The molecule has 0 aliphatic carbocycles. The zero-order valence-electron chi connectivity index (χ0n) is 18.3. The highest BCUT2D eigenvalue weighted by Gasteiger charge is 2.35. The second-order valence-corrected chi connectivity index (χ2v) is 8.52. The van der Waals surface area contributed by atoms with Crippen LogP contribution in [0.1, 0.15) is 36.4 Å². The third-order valence-corrected chi connectivity index (χ3v) is 6.39. The summed E-state index contributed by atoms with van der Waals surface area (Å²) in [4.78, 5) is 29.6. The van der Waals surface area contributed by atoms with E-state index in [0.29, 0.717) is 13.1 Å². The van der Waals surface area contributed by atoms with Crippen LogP contribution < -0.4 is 15.0 Å². The van der Waals surface area contributed by atoms with Gasteiger partial charge in [-0.05, 0) is 62.7 Å². The molecule has 2 fully saturated rings. The van der Waals surface area contributed by atoms with E-state index >= 15 is 0 Å². The topological polar surface area (TPSA) is 61.9 Å². The Morgan fingerprint density at radius 2 is 1.77 bits per heavy atom. The number of likely N-dealkylation sites (tertiary alicyclic amines) is 1. The Hall–Kier alpha value is -2.86. The van der Waals surface area contributed by atoms with E-state index in [1.165, 1.54) is 18.4 Å². The lowest BCUT2D eigenvalue weighted by Crippen LogP contribution is -2.40. The van der Waals surface area contributed by atoms with E-state index in [-0.39, 0.29) is 30.2 Å². The fourth-order valence-corrected chi connectivity index (χ4v) is 4.54. The number of benzene rings is 2. The second kappa shape index (κ2) is 9.52. The Bertz CT molecular complexity index is 905. The number of rotatable bonds is 7. The molecule has 2 aliphatic rings. The maximum Gasteiger partial charge on any atom is 0.227 e. The molecule has 2 aromatic rings. The first-order valence-electron chi connectivity index (χ1n) is 11.1. The molecule has 2 aliphatic heterocycles. The molecule has 1 N–H and O–H groups in total. The van der Waals surface area contributed by atoms with Gasteiger partial charge < -0.3 is 15.0 Å². The largest absolute Gasteiger partial charge is 0.497 e. The van der Waals surface area contributed by atoms with Crippen molar-refractivity contribution in [2.45, 2.75) is 32.2 Å². The van der Waals surface area contributed by atoms with E-state index in [1.807, 2.05) is 43.3 Å². The van der Waals surface area contributed by atoms with Gasteiger partial charge in [-0.25, -0.2) is 0 Å². The number of nitrogens with zero attached hydrogens (tertiary/aromatic N) is 2. The number of hydrogen-bond acceptors (Lipinski definition) is 4. The Kier molecular flexibility index (Phi) is 6.56. The van der Waals surface area contributed by atoms with Crippen molar-refractivity contribution in [2.24, 2.45) is 5.92 Å². The molecule has 0 spiro atoms. The highest BCUT2D eigenvalue weighted by atomic mass is 16.5. The van der Waals surface area contributed by atoms with E-state index in [0.717, 1.165) is 30.1 Å². The van der Waals surface area contributed by atoms with Crippen LogP contribution in [0, 0.1) is 12.8 Å². The predicted molar refractivity (Wildman–Crippen MR) is 121 cm³/mol. The Labute approximate surface area is 184 Å². The first-order valence-corrected chi connectivity index (χ1v) is 11.1. The molecule has 2 atom stereocenters. The number of anilines is 1. The van der Waals surface area contributed by atoms with Crippen molar-refractivity contribution in [1.82, 2.24) is 10.2 Å². The van der Waals surface area contributed by atoms with Crippen LogP contribution in [0.15, 0.2) is 48.5 Å². The smallest absolute Gasteiger partial charge is 0.227 e. The van der Waals surface area contributed by atoms with Crippen LogP contribution in [0.4, 0.5) is 5.69 Å². The highest BCUT2D eigenvalue weighted by Crippen LogP contribution is 2.28. The molecular formula is C25H31N3O3. The Balaban J connectivity index is 1.40. The summed E-state index contributed by atoms with van der Waals surface area (Å²) in [6.45, 7) is 5.07. The lowest BCUT2D eigenvalue weighted by atomic mass is 10.0. The van der Waals surface area contributed by atoms with Gasteiger partial charge in [0, 0.05) is 25.2 Å². The summed E-state index contributed by atoms with van der Waals surface area (Å²) < 4.78 is 5.28. The van der Waals surface area contributed by atoms with Crippen LogP contribution in [0.25, 0.3) is 0 Å². The maximum absolute atomic E-state index is 12.9. The van der Waals surface area contributed by atoms with E-state index in [9.17, 15) is 9.59 Å². The molecule has 4 rings (SSSR count). The van der Waals surface area contributed by atoms with Crippen LogP contribution in [0.5, 0.6) is 5.75 Å². The third kappa shape index (κ3) is 4.90. The number of amides is 2. The van der Waals surface area contributed by atoms with E-state index in [1.54, 1.807) is 12.0 Å². The highest BCUT2D eigenvalue weighted by molar-refractivity contribution is 6.00. The SMILES string of the molecule is COc1ccc([C@@H](CNC(=O)[C@@H]2CC(=O)N(c3ccc(C)cc3)C2)N2CCCC2)cc1. The lowest BCUT2D eigenvalue weighted by molar-refractivity contribution is -0.126. The standard InChI is InChI=1S/C25H31N3O3/c1-18-5-9-21(10-6-18)28-17-20(15-24(28)29)25(30)26-16-23(27-13-3-4-14-27)19-7-11-22(31-2)12-8-19/h5-12,20,23H,3-4,13-17H2,1-2H3,(H,26,30)/t20-,23-/m1/s1. The summed E-state index contributed by atoms with van der Waals surface area (Å²) in [5.41, 5.74) is 3.18. The molecule has 31 heavy (non-hydrogen) atoms. The minimum absolute atomic E-state index is 0.00949. The number of ether oxygens (including phenoxy) is 1. The van der Waals surface area contributed by atoms with Gasteiger partial charge in [-0.2, -0.15) is 0 Å². The van der Waals surface area contributed by atoms with E-state index < -0.39 is 0 Å². The number of carbonyl (C=O) groups is 2. The summed E-state index contributed by atoms with van der Waals surface area (Å²) in [6.07, 6.45) is 2.63. The van der Waals surface area contributed by atoms with Gasteiger partial charge in [0.15, 0.2) is 0 Å². The predicted octanol–water partition coefficient (Wildman–Crippen LogP) is 3.31. The van der Waals surface area contributed by atoms with Crippen molar-refractivity contribution in [2.75, 3.05) is 38.2 Å². The number of methoxy groups -OCH3 is 1. The van der Waals surface area contributed by atoms with Crippen molar-refractivity contribution in [1.29, 1.82) is 0 Å². The van der Waals surface area contributed by atoms with Gasteiger partial charge in [0.2, 0.25) is 11.8 Å². The third-order valence-electron chi connectivity index (χ3n) is 6.39. The fourth-order valence-electron chi connectivity index (χ4n) is 4.54. The molecule has 0 unspecified atom stereocenters. The summed E-state index contributed by atoms with van der Waals surface area (Å²) in [5.74, 6) is 0.480. The van der Waals surface area contributed by atoms with Crippen LogP contribution in [0.3, 0.4) is 0 Å². The van der Waals surface area contributed by atoms with Gasteiger partial charge in [0.25, 0.3) is 0 Å².